The van der Waals surface area contributed by atoms with Crippen LogP contribution in [0.2, 0.25) is 0 Å². The van der Waals surface area contributed by atoms with Crippen molar-refractivity contribution in [3.63, 3.8) is 0 Å². The van der Waals surface area contributed by atoms with E-state index in [9.17, 15) is 18.0 Å². The van der Waals surface area contributed by atoms with Gasteiger partial charge in [0.2, 0.25) is 0 Å². The molecule has 1 aromatic carbocycles. The SMILES string of the molecule is C[C@H](OC(=O)c1cccc(C#N)c1)C(=O)N[C@H]1CCS(=O)(=O)C1. The number of rotatable bonds is 4. The number of ether oxygens (including phenoxy) is 1. The lowest BCUT2D eigenvalue weighted by Gasteiger charge is -2.16. The van der Waals surface area contributed by atoms with Gasteiger partial charge in [0.1, 0.15) is 0 Å². The van der Waals surface area contributed by atoms with Crippen molar-refractivity contribution in [3.05, 3.63) is 35.4 Å². The molecule has 2 rings (SSSR count). The maximum absolute atomic E-state index is 12.0. The average Bonchev–Trinajstić information content (AvgIpc) is 2.85. The minimum absolute atomic E-state index is 0.0487. The summed E-state index contributed by atoms with van der Waals surface area (Å²) in [5.41, 5.74) is 0.486. The van der Waals surface area contributed by atoms with Gasteiger partial charge in [0, 0.05) is 6.04 Å². The van der Waals surface area contributed by atoms with Crippen LogP contribution in [-0.2, 0) is 19.4 Å². The molecule has 23 heavy (non-hydrogen) atoms. The second kappa shape index (κ2) is 6.79. The first kappa shape index (κ1) is 17.0. The number of nitrogens with one attached hydrogen (secondary N) is 1. The molecule has 8 heteroatoms. The number of esters is 1. The van der Waals surface area contributed by atoms with Crippen LogP contribution >= 0.6 is 0 Å². The van der Waals surface area contributed by atoms with Crippen molar-refractivity contribution in [2.75, 3.05) is 11.5 Å². The Labute approximate surface area is 134 Å². The van der Waals surface area contributed by atoms with Crippen LogP contribution in [0.5, 0.6) is 0 Å². The highest BCUT2D eigenvalue weighted by atomic mass is 32.2. The van der Waals surface area contributed by atoms with Crippen LogP contribution in [0.25, 0.3) is 0 Å². The summed E-state index contributed by atoms with van der Waals surface area (Å²) in [6.07, 6.45) is -0.699. The first-order chi connectivity index (χ1) is 10.8. The minimum atomic E-state index is -3.09. The van der Waals surface area contributed by atoms with E-state index in [4.69, 9.17) is 10.00 Å². The van der Waals surface area contributed by atoms with E-state index in [-0.39, 0.29) is 17.1 Å². The molecule has 7 nitrogen and oxygen atoms in total. The second-order valence-electron chi connectivity index (χ2n) is 5.35. The fourth-order valence-electron chi connectivity index (χ4n) is 2.23. The molecular formula is C15H16N2O5S. The molecule has 0 saturated carbocycles. The number of amides is 1. The Hall–Kier alpha value is -2.40. The standard InChI is InChI=1S/C15H16N2O5S/c1-10(14(18)17-13-5-6-23(20,21)9-13)22-15(19)12-4-2-3-11(7-12)8-16/h2-4,7,10,13H,5-6,9H2,1H3,(H,17,18)/t10-,13-/m0/s1. The fourth-order valence-corrected chi connectivity index (χ4v) is 3.90. The third kappa shape index (κ3) is 4.53. The molecule has 0 unspecified atom stereocenters. The highest BCUT2D eigenvalue weighted by Crippen LogP contribution is 2.12. The number of nitriles is 1. The van der Waals surface area contributed by atoms with Gasteiger partial charge in [-0.15, -0.1) is 0 Å². The van der Waals surface area contributed by atoms with Gasteiger partial charge >= 0.3 is 5.97 Å². The highest BCUT2D eigenvalue weighted by molar-refractivity contribution is 7.91. The van der Waals surface area contributed by atoms with Gasteiger partial charge in [-0.2, -0.15) is 5.26 Å². The summed E-state index contributed by atoms with van der Waals surface area (Å²) in [5.74, 6) is -1.31. The van der Waals surface area contributed by atoms with Gasteiger partial charge in [0.05, 0.1) is 28.7 Å². The van der Waals surface area contributed by atoms with E-state index in [1.165, 1.54) is 19.1 Å². The molecule has 2 atom stereocenters. The van der Waals surface area contributed by atoms with Gasteiger partial charge < -0.3 is 10.1 Å². The summed E-state index contributed by atoms with van der Waals surface area (Å²) >= 11 is 0. The Balaban J connectivity index is 1.93. The van der Waals surface area contributed by atoms with Crippen molar-refractivity contribution >= 4 is 21.7 Å². The molecule has 1 amide bonds. The zero-order valence-electron chi connectivity index (χ0n) is 12.5. The quantitative estimate of drug-likeness (QED) is 0.797. The molecule has 1 heterocycles. The smallest absolute Gasteiger partial charge is 0.338 e. The fraction of sp³-hybridized carbons (Fsp3) is 0.400. The van der Waals surface area contributed by atoms with Crippen molar-refractivity contribution in [3.8, 4) is 6.07 Å². The third-order valence-corrected chi connectivity index (χ3v) is 5.23. The number of nitrogens with zero attached hydrogens (tertiary/aromatic N) is 1. The normalized spacial score (nSPS) is 20.3. The first-order valence-electron chi connectivity index (χ1n) is 7.02. The van der Waals surface area contributed by atoms with Crippen molar-refractivity contribution in [2.45, 2.75) is 25.5 Å². The van der Waals surface area contributed by atoms with Crippen molar-refractivity contribution in [1.29, 1.82) is 5.26 Å². The van der Waals surface area contributed by atoms with Gasteiger partial charge in [0.25, 0.3) is 5.91 Å². The van der Waals surface area contributed by atoms with E-state index in [1.807, 2.05) is 6.07 Å². The molecular weight excluding hydrogens is 320 g/mol. The average molecular weight is 336 g/mol. The Morgan fingerprint density at radius 2 is 2.17 bits per heavy atom. The summed E-state index contributed by atoms with van der Waals surface area (Å²) in [6.45, 7) is 1.41. The van der Waals surface area contributed by atoms with Gasteiger partial charge in [-0.05, 0) is 31.5 Å². The first-order valence-corrected chi connectivity index (χ1v) is 8.85. The number of benzene rings is 1. The second-order valence-corrected chi connectivity index (χ2v) is 7.58. The maximum atomic E-state index is 12.0. The van der Waals surface area contributed by atoms with Crippen molar-refractivity contribution in [1.82, 2.24) is 5.32 Å². The van der Waals surface area contributed by atoms with Gasteiger partial charge in [0.15, 0.2) is 15.9 Å². The van der Waals surface area contributed by atoms with E-state index < -0.39 is 33.9 Å². The summed E-state index contributed by atoms with van der Waals surface area (Å²) in [4.78, 5) is 23.9. The molecule has 0 aromatic heterocycles. The Morgan fingerprint density at radius 3 is 2.78 bits per heavy atom. The molecule has 1 N–H and O–H groups in total. The predicted octanol–water partition coefficient (Wildman–Crippen LogP) is 0.407. The lowest BCUT2D eigenvalue weighted by molar-refractivity contribution is -0.129. The van der Waals surface area contributed by atoms with E-state index in [0.29, 0.717) is 12.0 Å². The lowest BCUT2D eigenvalue weighted by Crippen LogP contribution is -2.42. The minimum Gasteiger partial charge on any atom is -0.449 e. The molecule has 1 saturated heterocycles. The Morgan fingerprint density at radius 1 is 1.43 bits per heavy atom. The summed E-state index contributed by atoms with van der Waals surface area (Å²) in [5, 5.41) is 11.4. The molecule has 0 aliphatic carbocycles. The summed E-state index contributed by atoms with van der Waals surface area (Å²) in [6, 6.07) is 7.41. The number of carbonyl (C=O) groups excluding carboxylic acids is 2. The van der Waals surface area contributed by atoms with Gasteiger partial charge in [-0.1, -0.05) is 6.07 Å². The third-order valence-electron chi connectivity index (χ3n) is 3.46. The molecule has 0 radical (unpaired) electrons. The number of hydrogen-bond donors (Lipinski definition) is 1. The number of sulfone groups is 1. The van der Waals surface area contributed by atoms with Crippen molar-refractivity contribution < 1.29 is 22.7 Å². The molecule has 1 fully saturated rings. The van der Waals surface area contributed by atoms with E-state index in [0.717, 1.165) is 0 Å². The molecule has 1 aliphatic rings. The number of carbonyl (C=O) groups is 2. The maximum Gasteiger partial charge on any atom is 0.338 e. The molecule has 0 bridgehead atoms. The summed E-state index contributed by atoms with van der Waals surface area (Å²) < 4.78 is 27.8. The molecule has 122 valence electrons. The van der Waals surface area contributed by atoms with Crippen LogP contribution in [0.3, 0.4) is 0 Å². The van der Waals surface area contributed by atoms with Gasteiger partial charge in [-0.25, -0.2) is 13.2 Å². The predicted molar refractivity (Wildman–Crippen MR) is 81.2 cm³/mol. The number of hydrogen-bond acceptors (Lipinski definition) is 6. The Bertz CT molecular complexity index is 766. The van der Waals surface area contributed by atoms with Crippen LogP contribution in [0.4, 0.5) is 0 Å². The van der Waals surface area contributed by atoms with E-state index in [2.05, 4.69) is 5.32 Å². The van der Waals surface area contributed by atoms with E-state index >= 15 is 0 Å². The van der Waals surface area contributed by atoms with Gasteiger partial charge in [-0.3, -0.25) is 4.79 Å². The van der Waals surface area contributed by atoms with Crippen LogP contribution in [0.1, 0.15) is 29.3 Å². The zero-order chi connectivity index (χ0) is 17.0. The largest absolute Gasteiger partial charge is 0.449 e. The summed E-state index contributed by atoms with van der Waals surface area (Å²) in [7, 11) is -3.09. The lowest BCUT2D eigenvalue weighted by atomic mass is 10.1. The topological polar surface area (TPSA) is 113 Å². The van der Waals surface area contributed by atoms with Crippen molar-refractivity contribution in [2.24, 2.45) is 0 Å². The van der Waals surface area contributed by atoms with Crippen LogP contribution in [-0.4, -0.2) is 43.9 Å². The van der Waals surface area contributed by atoms with Crippen LogP contribution in [0.15, 0.2) is 24.3 Å². The van der Waals surface area contributed by atoms with Crippen LogP contribution in [0, 0.1) is 11.3 Å². The Kier molecular flexibility index (Phi) is 5.01. The monoisotopic (exact) mass is 336 g/mol. The highest BCUT2D eigenvalue weighted by Gasteiger charge is 2.30. The zero-order valence-corrected chi connectivity index (χ0v) is 13.3. The molecule has 0 spiro atoms. The van der Waals surface area contributed by atoms with Crippen LogP contribution < -0.4 is 5.32 Å². The molecule has 1 aliphatic heterocycles. The molecule has 1 aromatic rings. The van der Waals surface area contributed by atoms with E-state index in [1.54, 1.807) is 12.1 Å².